The number of quaternary nitrogens is 1. The van der Waals surface area contributed by atoms with Crippen molar-refractivity contribution in [3.8, 4) is 0 Å². The van der Waals surface area contributed by atoms with Crippen LogP contribution in [0, 0.1) is 11.8 Å². The van der Waals surface area contributed by atoms with Crippen LogP contribution in [0.15, 0.2) is 48.6 Å². The number of carbonyl (C=O) groups is 3. The number of likely N-dealkylation sites (N-methyl/N-ethyl adjacent to an activating group) is 1. The van der Waals surface area contributed by atoms with Gasteiger partial charge in [-0.3, -0.25) is 23.4 Å². The molecular weight excluding hydrogens is 797 g/mol. The minimum absolute atomic E-state index is 0.00139. The van der Waals surface area contributed by atoms with Crippen LogP contribution >= 0.6 is 7.82 Å². The second-order valence-corrected chi connectivity index (χ2v) is 19.0. The fourth-order valence-electron chi connectivity index (χ4n) is 6.99. The molecule has 1 saturated carbocycles. The predicted octanol–water partition coefficient (Wildman–Crippen LogP) is 10.1. The highest BCUT2D eigenvalue weighted by molar-refractivity contribution is 7.47. The molecule has 13 heteroatoms. The highest BCUT2D eigenvalue weighted by Crippen LogP contribution is 2.43. The van der Waals surface area contributed by atoms with Crippen molar-refractivity contribution >= 4 is 25.5 Å². The lowest BCUT2D eigenvalue weighted by Crippen LogP contribution is -2.37. The summed E-state index contributed by atoms with van der Waals surface area (Å²) >= 11 is 0. The Labute approximate surface area is 369 Å². The predicted molar refractivity (Wildman–Crippen MR) is 244 cm³/mol. The molecule has 6 atom stereocenters. The highest BCUT2D eigenvalue weighted by Gasteiger charge is 2.39. The molecule has 0 aromatic heterocycles. The van der Waals surface area contributed by atoms with E-state index in [1.807, 2.05) is 27.2 Å². The summed E-state index contributed by atoms with van der Waals surface area (Å²) in [7, 11) is 1.30. The Morgan fingerprint density at radius 2 is 1.36 bits per heavy atom. The molecule has 0 bridgehead atoms. The summed E-state index contributed by atoms with van der Waals surface area (Å²) in [5, 5.41) is 20.8. The van der Waals surface area contributed by atoms with Crippen molar-refractivity contribution in [3.05, 3.63) is 48.6 Å². The zero-order valence-corrected chi connectivity index (χ0v) is 39.5. The Hall–Kier alpha value is -2.44. The van der Waals surface area contributed by atoms with Crippen LogP contribution in [0.1, 0.15) is 162 Å². The third kappa shape index (κ3) is 32.0. The van der Waals surface area contributed by atoms with Crippen LogP contribution in [0.4, 0.5) is 0 Å². The van der Waals surface area contributed by atoms with Crippen molar-refractivity contribution in [3.63, 3.8) is 0 Å². The average molecular weight is 883 g/mol. The molecule has 0 aromatic carbocycles. The number of carbonyl (C=O) groups excluding carboxylic acids is 3. The highest BCUT2D eigenvalue weighted by atomic mass is 31.2. The lowest BCUT2D eigenvalue weighted by atomic mass is 9.88. The van der Waals surface area contributed by atoms with Gasteiger partial charge in [0.05, 0.1) is 40.0 Å². The fraction of sp³-hybridized carbons (Fsp3) is 0.771. The van der Waals surface area contributed by atoms with E-state index in [2.05, 4.69) is 44.2 Å². The first-order valence-electron chi connectivity index (χ1n) is 23.5. The molecule has 1 aliphatic carbocycles. The van der Waals surface area contributed by atoms with Crippen molar-refractivity contribution in [2.24, 2.45) is 11.8 Å². The number of phosphoric ester groups is 1. The molecule has 0 saturated heterocycles. The largest absolute Gasteiger partial charge is 0.472 e. The molecule has 0 aliphatic heterocycles. The number of hydrogen-bond acceptors (Lipinski definition) is 10. The third-order valence-corrected chi connectivity index (χ3v) is 11.7. The number of aliphatic hydroxyl groups excluding tert-OH is 2. The minimum atomic E-state index is -4.46. The first kappa shape index (κ1) is 56.6. The number of Topliss-reactive ketones (excluding diaryl/α,β-unsaturated/α-hetero) is 1. The van der Waals surface area contributed by atoms with E-state index in [0.717, 1.165) is 51.4 Å². The van der Waals surface area contributed by atoms with Gasteiger partial charge in [0, 0.05) is 25.2 Å². The van der Waals surface area contributed by atoms with E-state index in [4.69, 9.17) is 18.5 Å². The van der Waals surface area contributed by atoms with E-state index in [0.29, 0.717) is 49.6 Å². The third-order valence-electron chi connectivity index (χ3n) is 10.7. The minimum Gasteiger partial charge on any atom is -0.462 e. The van der Waals surface area contributed by atoms with Gasteiger partial charge in [-0.2, -0.15) is 0 Å². The summed E-state index contributed by atoms with van der Waals surface area (Å²) in [5.74, 6) is -1.61. The van der Waals surface area contributed by atoms with Gasteiger partial charge >= 0.3 is 19.8 Å². The van der Waals surface area contributed by atoms with Gasteiger partial charge in [-0.15, -0.1) is 0 Å². The molecule has 352 valence electrons. The van der Waals surface area contributed by atoms with Crippen molar-refractivity contribution in [1.29, 1.82) is 0 Å². The molecule has 0 amide bonds. The molecule has 1 aliphatic rings. The van der Waals surface area contributed by atoms with E-state index < -0.39 is 50.6 Å². The molecule has 0 spiro atoms. The zero-order chi connectivity index (χ0) is 45.2. The van der Waals surface area contributed by atoms with Gasteiger partial charge in [-0.05, 0) is 63.7 Å². The molecule has 1 unspecified atom stereocenters. The lowest BCUT2D eigenvalue weighted by molar-refractivity contribution is -0.870. The second-order valence-electron chi connectivity index (χ2n) is 17.6. The number of ketones is 1. The van der Waals surface area contributed by atoms with Crippen molar-refractivity contribution < 1.29 is 57.1 Å². The quantitative estimate of drug-likeness (QED) is 0.0178. The van der Waals surface area contributed by atoms with Gasteiger partial charge in [-0.1, -0.05) is 133 Å². The van der Waals surface area contributed by atoms with Gasteiger partial charge in [0.2, 0.25) is 0 Å². The summed E-state index contributed by atoms with van der Waals surface area (Å²) in [6, 6.07) is 0. The monoisotopic (exact) mass is 883 g/mol. The Bertz CT molecular complexity index is 1340. The van der Waals surface area contributed by atoms with E-state index in [9.17, 15) is 34.1 Å². The Balaban J connectivity index is 2.49. The van der Waals surface area contributed by atoms with Gasteiger partial charge in [0.25, 0.3) is 0 Å². The molecule has 0 aromatic rings. The molecule has 0 heterocycles. The second kappa shape index (κ2) is 35.0. The SMILES string of the molecule is CCCCCCCC/C=C\C/C=C\C/C=C\CCCC(=O)OC[C@H](COP(=O)(O)OCC[N+](C)(C)C)OC(=O)CCCCCC[C@H]1[C@@H](O)CC(=O)[C@@H]1/C=C/[C@@H](O)CCCCC. The summed E-state index contributed by atoms with van der Waals surface area (Å²) in [6.07, 6.45) is 33.6. The number of rotatable bonds is 38. The molecule has 61 heavy (non-hydrogen) atoms. The smallest absolute Gasteiger partial charge is 0.462 e. The van der Waals surface area contributed by atoms with E-state index in [1.165, 1.54) is 38.5 Å². The van der Waals surface area contributed by atoms with E-state index in [-0.39, 0.29) is 44.2 Å². The summed E-state index contributed by atoms with van der Waals surface area (Å²) < 4.78 is 34.2. The molecule has 1 rings (SSSR count). The molecular formula is C48H85NO11P+. The number of esters is 2. The van der Waals surface area contributed by atoms with Crippen LogP contribution < -0.4 is 0 Å². The average Bonchev–Trinajstić information content (AvgIpc) is 3.47. The van der Waals surface area contributed by atoms with Crippen molar-refractivity contribution in [2.45, 2.75) is 180 Å². The van der Waals surface area contributed by atoms with Gasteiger partial charge in [0.15, 0.2) is 6.10 Å². The number of aliphatic hydroxyl groups is 2. The summed E-state index contributed by atoms with van der Waals surface area (Å²) in [4.78, 5) is 48.2. The van der Waals surface area contributed by atoms with Crippen LogP contribution in [0.5, 0.6) is 0 Å². The van der Waals surface area contributed by atoms with Gasteiger partial charge in [-0.25, -0.2) is 4.57 Å². The van der Waals surface area contributed by atoms with E-state index in [1.54, 1.807) is 12.2 Å². The number of allylic oxidation sites excluding steroid dienone is 7. The number of nitrogens with zero attached hydrogens (tertiary/aromatic N) is 1. The van der Waals surface area contributed by atoms with Crippen LogP contribution in [0.2, 0.25) is 0 Å². The van der Waals surface area contributed by atoms with Crippen LogP contribution in [-0.2, 0) is 37.5 Å². The standard InChI is InChI=1S/C48H84NO11P/c1-6-8-10-11-12-13-14-15-16-17-18-19-20-21-22-23-28-32-47(53)57-39-42(40-59-61(55,56)58-37-36-49(3,4)5)60-48(54)33-29-25-24-27-31-43-44(46(52)38-45(43)51)35-34-41(50)30-26-9-7-2/h15-16,18-19,21-22,34-35,41-45,50-51H,6-14,17,20,23-33,36-40H2,1-5H3/p+1/b16-15-,19-18-,22-21-,35-34+/t41-,42+,43+,44+,45-/m0/s1. The summed E-state index contributed by atoms with van der Waals surface area (Å²) in [6.45, 7) is 3.97. The van der Waals surface area contributed by atoms with E-state index >= 15 is 0 Å². The van der Waals surface area contributed by atoms with Crippen LogP contribution in [0.3, 0.4) is 0 Å². The number of ether oxygens (including phenoxy) is 2. The lowest BCUT2D eigenvalue weighted by Gasteiger charge is -2.24. The normalized spacial score (nSPS) is 19.4. The maximum absolute atomic E-state index is 12.8. The molecule has 12 nitrogen and oxygen atoms in total. The zero-order valence-electron chi connectivity index (χ0n) is 38.6. The maximum Gasteiger partial charge on any atom is 0.472 e. The van der Waals surface area contributed by atoms with Crippen LogP contribution in [0.25, 0.3) is 0 Å². The first-order valence-corrected chi connectivity index (χ1v) is 25.0. The van der Waals surface area contributed by atoms with Crippen molar-refractivity contribution in [2.75, 3.05) is 47.5 Å². The maximum atomic E-state index is 12.8. The Morgan fingerprint density at radius 1 is 0.770 bits per heavy atom. The van der Waals surface area contributed by atoms with Gasteiger partial charge < -0.3 is 29.1 Å². The molecule has 3 N–H and O–H groups in total. The van der Waals surface area contributed by atoms with Gasteiger partial charge in [0.1, 0.15) is 25.5 Å². The number of unbranched alkanes of at least 4 members (excludes halogenated alkanes) is 12. The Kier molecular flexibility index (Phi) is 32.4. The van der Waals surface area contributed by atoms with Crippen molar-refractivity contribution in [1.82, 2.24) is 0 Å². The molecule has 0 radical (unpaired) electrons. The topological polar surface area (TPSA) is 166 Å². The number of hydrogen-bond donors (Lipinski definition) is 3. The van der Waals surface area contributed by atoms with Crippen LogP contribution in [-0.4, -0.2) is 103 Å². The first-order chi connectivity index (χ1) is 29.2. The molecule has 1 fully saturated rings. The summed E-state index contributed by atoms with van der Waals surface area (Å²) in [5.41, 5.74) is 0. The number of phosphoric acid groups is 1. The fourth-order valence-corrected chi connectivity index (χ4v) is 7.73. The Morgan fingerprint density at radius 3 is 2.05 bits per heavy atom.